The number of rotatable bonds is 6. The Kier molecular flexibility index (Phi) is 7.36. The first kappa shape index (κ1) is 26.3. The number of aromatic nitrogens is 1. The van der Waals surface area contributed by atoms with Crippen LogP contribution in [0.25, 0.3) is 33.5 Å². The number of anilines is 1. The molecular weight excluding hydrogens is 517 g/mol. The van der Waals surface area contributed by atoms with Crippen molar-refractivity contribution >= 4 is 57.6 Å². The van der Waals surface area contributed by atoms with Gasteiger partial charge in [0.15, 0.2) is 5.76 Å². The summed E-state index contributed by atoms with van der Waals surface area (Å²) in [6, 6.07) is 15.8. The highest BCUT2D eigenvalue weighted by atomic mass is 35.5. The lowest BCUT2D eigenvalue weighted by Crippen LogP contribution is -2.36. The predicted octanol–water partition coefficient (Wildman–Crippen LogP) is 5.50. The maximum absolute atomic E-state index is 13.1. The van der Waals surface area contributed by atoms with Crippen LogP contribution in [0.5, 0.6) is 0 Å². The molecule has 190 valence electrons. The lowest BCUT2D eigenvalue weighted by atomic mass is 9.97. The number of Topliss-reactive ketones (excluding diaryl/α,β-unsaturated/α-hetero) is 1. The minimum Gasteiger partial charge on any atom is -0.432 e. The first-order chi connectivity index (χ1) is 17.5. The third-order valence-corrected chi connectivity index (χ3v) is 6.09. The lowest BCUT2D eigenvalue weighted by molar-refractivity contribution is -0.136. The molecule has 0 radical (unpaired) electrons. The summed E-state index contributed by atoms with van der Waals surface area (Å²) in [6.45, 7) is 4.48. The van der Waals surface area contributed by atoms with Gasteiger partial charge in [-0.05, 0) is 50.6 Å². The molecule has 2 heterocycles. The molecular formula is C27H23Cl2N3O5. The van der Waals surface area contributed by atoms with Gasteiger partial charge >= 0.3 is 11.8 Å². The summed E-state index contributed by atoms with van der Waals surface area (Å²) in [5.41, 5.74) is 0.496. The monoisotopic (exact) mass is 539 g/mol. The van der Waals surface area contributed by atoms with E-state index in [4.69, 9.17) is 27.6 Å². The van der Waals surface area contributed by atoms with Crippen molar-refractivity contribution in [1.82, 2.24) is 10.3 Å². The van der Waals surface area contributed by atoms with E-state index in [1.807, 2.05) is 6.07 Å². The Morgan fingerprint density at radius 2 is 1.68 bits per heavy atom. The van der Waals surface area contributed by atoms with Crippen LogP contribution in [-0.4, -0.2) is 39.8 Å². The quantitative estimate of drug-likeness (QED) is 0.220. The molecule has 0 aliphatic carbocycles. The van der Waals surface area contributed by atoms with E-state index in [0.29, 0.717) is 26.9 Å². The van der Waals surface area contributed by atoms with Gasteiger partial charge in [-0.15, -0.1) is 0 Å². The zero-order valence-corrected chi connectivity index (χ0v) is 21.7. The number of fused-ring (bicyclic) bond motifs is 1. The van der Waals surface area contributed by atoms with E-state index in [-0.39, 0.29) is 29.1 Å². The smallest absolute Gasteiger partial charge is 0.313 e. The van der Waals surface area contributed by atoms with Crippen LogP contribution < -0.4 is 10.6 Å². The van der Waals surface area contributed by atoms with Gasteiger partial charge in [-0.25, -0.2) is 4.98 Å². The largest absolute Gasteiger partial charge is 0.432 e. The van der Waals surface area contributed by atoms with Crippen LogP contribution in [0.4, 0.5) is 5.69 Å². The molecule has 0 aliphatic rings. The van der Waals surface area contributed by atoms with Gasteiger partial charge < -0.3 is 20.2 Å². The molecule has 0 saturated heterocycles. The van der Waals surface area contributed by atoms with Gasteiger partial charge in [-0.3, -0.25) is 14.4 Å². The van der Waals surface area contributed by atoms with Crippen molar-refractivity contribution in [3.05, 3.63) is 70.4 Å². The number of hydrogen-bond acceptors (Lipinski definition) is 6. The van der Waals surface area contributed by atoms with Crippen LogP contribution in [0.2, 0.25) is 10.0 Å². The van der Waals surface area contributed by atoms with Gasteiger partial charge in [0, 0.05) is 27.7 Å². The number of benzene rings is 2. The fourth-order valence-electron chi connectivity index (χ4n) is 3.70. The second-order valence-electron chi connectivity index (χ2n) is 8.73. The number of nitrogens with zero attached hydrogens (tertiary/aromatic N) is 1. The Bertz CT molecular complexity index is 1520. The third kappa shape index (κ3) is 5.36. The fraction of sp³-hybridized carbons (Fsp3) is 0.185. The average Bonchev–Trinajstić information content (AvgIpc) is 3.20. The van der Waals surface area contributed by atoms with E-state index in [1.54, 1.807) is 55.5 Å². The Morgan fingerprint density at radius 1 is 1.00 bits per heavy atom. The van der Waals surface area contributed by atoms with Crippen LogP contribution in [0, 0.1) is 0 Å². The number of likely N-dealkylation sites (N-methyl/N-ethyl adjacent to an activating group) is 1. The highest BCUT2D eigenvalue weighted by Crippen LogP contribution is 2.41. The van der Waals surface area contributed by atoms with E-state index < -0.39 is 23.2 Å². The van der Waals surface area contributed by atoms with Gasteiger partial charge in [-0.1, -0.05) is 53.5 Å². The van der Waals surface area contributed by atoms with Crippen molar-refractivity contribution in [3.8, 4) is 22.4 Å². The van der Waals surface area contributed by atoms with Gasteiger partial charge in [0.2, 0.25) is 11.5 Å². The van der Waals surface area contributed by atoms with E-state index >= 15 is 0 Å². The molecule has 10 heteroatoms. The second kappa shape index (κ2) is 10.3. The van der Waals surface area contributed by atoms with Gasteiger partial charge in [0.05, 0.1) is 11.1 Å². The highest BCUT2D eigenvalue weighted by Gasteiger charge is 2.34. The van der Waals surface area contributed by atoms with E-state index in [1.165, 1.54) is 13.8 Å². The molecule has 0 spiro atoms. The number of furan rings is 1. The number of amides is 2. The molecule has 8 nitrogen and oxygen atoms in total. The Hall–Kier alpha value is -3.72. The summed E-state index contributed by atoms with van der Waals surface area (Å²) >= 11 is 12.6. The molecule has 37 heavy (non-hydrogen) atoms. The van der Waals surface area contributed by atoms with Crippen molar-refractivity contribution < 1.29 is 23.9 Å². The molecule has 0 atom stereocenters. The van der Waals surface area contributed by atoms with Gasteiger partial charge in [0.25, 0.3) is 0 Å². The zero-order valence-electron chi connectivity index (χ0n) is 20.2. The Balaban J connectivity index is 2.02. The summed E-state index contributed by atoms with van der Waals surface area (Å²) in [7, 11) is 0. The van der Waals surface area contributed by atoms with Crippen LogP contribution in [0.3, 0.4) is 0 Å². The normalized spacial score (nSPS) is 11.4. The van der Waals surface area contributed by atoms with E-state index in [2.05, 4.69) is 15.6 Å². The van der Waals surface area contributed by atoms with Gasteiger partial charge in [0.1, 0.15) is 11.3 Å². The van der Waals surface area contributed by atoms with Crippen molar-refractivity contribution in [2.75, 3.05) is 11.9 Å². The number of ketones is 1. The van der Waals surface area contributed by atoms with Gasteiger partial charge in [-0.2, -0.15) is 0 Å². The minimum absolute atomic E-state index is 0.00596. The van der Waals surface area contributed by atoms with Crippen molar-refractivity contribution in [1.29, 1.82) is 0 Å². The number of hydrogen-bond donors (Lipinski definition) is 3. The predicted molar refractivity (Wildman–Crippen MR) is 143 cm³/mol. The molecule has 0 bridgehead atoms. The van der Waals surface area contributed by atoms with Crippen LogP contribution in [-0.2, 0) is 9.59 Å². The standard InChI is InChI=1S/C27H23Cl2N3O5/c1-4-30-24(34)25(35)31-21-18-13-17(14-9-11-15(28)12-10-14)20(16-7-5-6-8-19(16)29)32-26(18)37-22(21)23(33)27(2,3)36/h5-13,36H,4H2,1-3H3,(H,30,34)(H,31,35). The molecule has 3 N–H and O–H groups in total. The lowest BCUT2D eigenvalue weighted by Gasteiger charge is -2.14. The summed E-state index contributed by atoms with van der Waals surface area (Å²) in [4.78, 5) is 42.5. The first-order valence-electron chi connectivity index (χ1n) is 11.4. The molecule has 0 aliphatic heterocycles. The van der Waals surface area contributed by atoms with Crippen molar-refractivity contribution in [2.45, 2.75) is 26.4 Å². The summed E-state index contributed by atoms with van der Waals surface area (Å²) in [5, 5.41) is 16.5. The fourth-order valence-corrected chi connectivity index (χ4v) is 4.06. The first-order valence-corrected chi connectivity index (χ1v) is 12.1. The molecule has 2 amide bonds. The number of pyridine rings is 1. The molecule has 4 aromatic rings. The maximum Gasteiger partial charge on any atom is 0.313 e. The number of aliphatic hydroxyl groups is 1. The van der Waals surface area contributed by atoms with Crippen molar-refractivity contribution in [3.63, 3.8) is 0 Å². The van der Waals surface area contributed by atoms with Crippen molar-refractivity contribution in [2.24, 2.45) is 0 Å². The SMILES string of the molecule is CCNC(=O)C(=O)Nc1c(C(=O)C(C)(C)O)oc2nc(-c3ccccc3Cl)c(-c3ccc(Cl)cc3)cc12. The minimum atomic E-state index is -1.83. The second-order valence-corrected chi connectivity index (χ2v) is 9.58. The number of carbonyl (C=O) groups excluding carboxylic acids is 3. The highest BCUT2D eigenvalue weighted by molar-refractivity contribution is 6.40. The molecule has 0 fully saturated rings. The zero-order chi connectivity index (χ0) is 26.9. The molecule has 4 rings (SSSR count). The Morgan fingerprint density at radius 3 is 2.30 bits per heavy atom. The Labute approximate surface area is 222 Å². The van der Waals surface area contributed by atoms with Crippen LogP contribution >= 0.6 is 23.2 Å². The average molecular weight is 540 g/mol. The molecule has 0 unspecified atom stereocenters. The summed E-state index contributed by atoms with van der Waals surface area (Å²) in [5.74, 6) is -3.04. The van der Waals surface area contributed by atoms with E-state index in [0.717, 1.165) is 5.56 Å². The molecule has 2 aromatic carbocycles. The topological polar surface area (TPSA) is 122 Å². The molecule has 0 saturated carbocycles. The third-order valence-electron chi connectivity index (χ3n) is 5.51. The van der Waals surface area contributed by atoms with Crippen LogP contribution in [0.1, 0.15) is 31.3 Å². The summed E-state index contributed by atoms with van der Waals surface area (Å²) < 4.78 is 5.81. The number of nitrogens with one attached hydrogen (secondary N) is 2. The molecule has 2 aromatic heterocycles. The number of carbonyl (C=O) groups is 3. The van der Waals surface area contributed by atoms with Crippen LogP contribution in [0.15, 0.2) is 59.0 Å². The summed E-state index contributed by atoms with van der Waals surface area (Å²) in [6.07, 6.45) is 0. The number of halogens is 2. The maximum atomic E-state index is 13.1. The van der Waals surface area contributed by atoms with E-state index in [9.17, 15) is 19.5 Å².